The molecule has 1 radical (unpaired) electrons. The molecule has 34 heteroatoms. The summed E-state index contributed by atoms with van der Waals surface area (Å²) < 4.78 is 0. The van der Waals surface area contributed by atoms with Gasteiger partial charge in [0.25, 0.3) is 0 Å². The molecule has 469 valence electrons. The zero-order chi connectivity index (χ0) is 61.2. The van der Waals surface area contributed by atoms with Gasteiger partial charge in [-0.25, -0.2) is 0 Å². The third-order valence-corrected chi connectivity index (χ3v) is 13.1. The molecule has 82 heavy (non-hydrogen) atoms. The van der Waals surface area contributed by atoms with E-state index in [9.17, 15) is 57.5 Å². The number of carboxylic acids is 9. The maximum atomic E-state index is 11.8. The zero-order valence-electron chi connectivity index (χ0n) is 47.0. The van der Waals surface area contributed by atoms with Gasteiger partial charge >= 0.3 is 53.7 Å². The average Bonchev–Trinajstić information content (AvgIpc) is 3.32. The Balaban J connectivity index is 0.00000119. The number of hydrogen-bond acceptors (Lipinski definition) is 21. The van der Waals surface area contributed by atoms with E-state index in [0.717, 1.165) is 0 Å². The van der Waals surface area contributed by atoms with Crippen LogP contribution in [0.4, 0.5) is 0 Å². The van der Waals surface area contributed by atoms with Gasteiger partial charge in [0.1, 0.15) is 0 Å². The topological polar surface area (TPSA) is 426 Å². The second-order valence-corrected chi connectivity index (χ2v) is 19.5. The Labute approximate surface area is 516 Å². The molecule has 3 aliphatic rings. The summed E-state index contributed by atoms with van der Waals surface area (Å²) in [5.74, 6) is -9.44. The standard InChI is InChI=1S/3C16H28N4O7.Eu/c3*1-13(21)20-8-6-18(11-15(24)25)4-2-17(10-14(22)23)3-5-19(7-9-20)12-16(26)27;/h3*2-12H2,1H3,(H,22,23)(H,24,25)(H,26,27);. The molecule has 0 unspecified atom stereocenters. The Morgan fingerprint density at radius 2 is 0.293 bits per heavy atom. The maximum absolute atomic E-state index is 11.8. The van der Waals surface area contributed by atoms with Crippen LogP contribution in [0.5, 0.6) is 0 Å². The minimum atomic E-state index is -1.00. The largest absolute Gasteiger partial charge is 0.480 e. The van der Waals surface area contributed by atoms with Gasteiger partial charge in [-0.15, -0.1) is 0 Å². The third-order valence-electron chi connectivity index (χ3n) is 13.1. The first-order valence-electron chi connectivity index (χ1n) is 26.3. The molecule has 0 saturated carbocycles. The summed E-state index contributed by atoms with van der Waals surface area (Å²) in [7, 11) is 0. The summed E-state index contributed by atoms with van der Waals surface area (Å²) in [4.78, 5) is 155. The van der Waals surface area contributed by atoms with Crippen molar-refractivity contribution in [1.82, 2.24) is 58.8 Å². The van der Waals surface area contributed by atoms with Crippen LogP contribution in [0.1, 0.15) is 20.8 Å². The fourth-order valence-corrected chi connectivity index (χ4v) is 8.70. The first-order chi connectivity index (χ1) is 38.0. The van der Waals surface area contributed by atoms with Crippen molar-refractivity contribution in [3.05, 3.63) is 0 Å². The minimum Gasteiger partial charge on any atom is -0.480 e. The Hall–Kier alpha value is -5.14. The summed E-state index contributed by atoms with van der Waals surface area (Å²) in [6.07, 6.45) is 0. The smallest absolute Gasteiger partial charge is 0.317 e. The molecule has 3 heterocycles. The summed E-state index contributed by atoms with van der Waals surface area (Å²) in [6.45, 7) is 10.5. The number of hydrogen-bond donors (Lipinski definition) is 9. The van der Waals surface area contributed by atoms with Crippen molar-refractivity contribution in [2.24, 2.45) is 0 Å². The molecular formula is C48H84EuN12O21. The van der Waals surface area contributed by atoms with Crippen LogP contribution >= 0.6 is 0 Å². The van der Waals surface area contributed by atoms with Crippen molar-refractivity contribution in [1.29, 1.82) is 0 Å². The number of aliphatic carboxylic acids is 9. The molecule has 0 spiro atoms. The van der Waals surface area contributed by atoms with E-state index in [2.05, 4.69) is 0 Å². The van der Waals surface area contributed by atoms with Gasteiger partial charge in [0.15, 0.2) is 0 Å². The SMILES string of the molecule is CC(=O)N1CCN(CC(=O)O)CCN(CC(=O)O)CCN(CC(=O)O)CC1.CC(=O)N1CCN(CC(=O)O)CCN(CC(=O)O)CCN(CC(=O)O)CC1.CC(=O)N1CCN(CC(=O)O)CCN(CC(=O)O)CCN(CC(=O)O)CC1.[Eu]. The van der Waals surface area contributed by atoms with Gasteiger partial charge in [-0.05, 0) is 0 Å². The van der Waals surface area contributed by atoms with Crippen molar-refractivity contribution in [2.45, 2.75) is 20.8 Å². The Bertz CT molecular complexity index is 1760. The zero-order valence-corrected chi connectivity index (χ0v) is 49.4. The monoisotopic (exact) mass is 1320 g/mol. The van der Waals surface area contributed by atoms with Crippen LogP contribution in [0.2, 0.25) is 0 Å². The molecule has 0 aromatic rings. The Kier molecular flexibility index (Phi) is 40.0. The van der Waals surface area contributed by atoms with Crippen molar-refractivity contribution in [3.8, 4) is 0 Å². The number of amides is 3. The van der Waals surface area contributed by atoms with Crippen LogP contribution in [0, 0.1) is 49.4 Å². The fourth-order valence-electron chi connectivity index (χ4n) is 8.70. The quantitative estimate of drug-likeness (QED) is 0.0617. The van der Waals surface area contributed by atoms with Gasteiger partial charge in [-0.2, -0.15) is 0 Å². The second kappa shape index (κ2) is 42.6. The molecule has 0 bridgehead atoms. The second-order valence-electron chi connectivity index (χ2n) is 19.5. The molecule has 3 saturated heterocycles. The Morgan fingerprint density at radius 1 is 0.207 bits per heavy atom. The van der Waals surface area contributed by atoms with Crippen LogP contribution in [0.3, 0.4) is 0 Å². The maximum Gasteiger partial charge on any atom is 0.317 e. The van der Waals surface area contributed by atoms with Crippen molar-refractivity contribution < 1.29 is 153 Å². The van der Waals surface area contributed by atoms with Crippen LogP contribution in [-0.2, 0) is 57.5 Å². The fraction of sp³-hybridized carbons (Fsp3) is 0.750. The van der Waals surface area contributed by atoms with E-state index < -0.39 is 53.7 Å². The summed E-state index contributed by atoms with van der Waals surface area (Å²) in [5, 5.41) is 81.6. The molecule has 0 aliphatic carbocycles. The van der Waals surface area contributed by atoms with Gasteiger partial charge in [0.05, 0.1) is 58.9 Å². The van der Waals surface area contributed by atoms with E-state index in [0.29, 0.717) is 157 Å². The molecule has 3 rings (SSSR count). The number of carboxylic acid groups (broad SMARTS) is 9. The van der Waals surface area contributed by atoms with Gasteiger partial charge in [-0.1, -0.05) is 0 Å². The summed E-state index contributed by atoms with van der Waals surface area (Å²) >= 11 is 0. The third kappa shape index (κ3) is 38.6. The van der Waals surface area contributed by atoms with E-state index in [4.69, 9.17) is 46.0 Å². The van der Waals surface area contributed by atoms with E-state index in [1.165, 1.54) is 20.8 Å². The van der Waals surface area contributed by atoms with E-state index in [1.807, 2.05) is 0 Å². The van der Waals surface area contributed by atoms with E-state index in [1.54, 1.807) is 58.8 Å². The number of carbonyl (C=O) groups excluding carboxylic acids is 3. The summed E-state index contributed by atoms with van der Waals surface area (Å²) in [5.41, 5.74) is 0. The van der Waals surface area contributed by atoms with Crippen LogP contribution in [0.15, 0.2) is 0 Å². The minimum absolute atomic E-state index is 0. The predicted octanol–water partition coefficient (Wildman–Crippen LogP) is -5.98. The van der Waals surface area contributed by atoms with Gasteiger partial charge in [-0.3, -0.25) is 102 Å². The number of carbonyl (C=O) groups is 12. The van der Waals surface area contributed by atoms with E-state index >= 15 is 0 Å². The molecule has 0 atom stereocenters. The van der Waals surface area contributed by atoms with E-state index in [-0.39, 0.29) is 126 Å². The summed E-state index contributed by atoms with van der Waals surface area (Å²) in [6, 6.07) is 0. The molecule has 33 nitrogen and oxygen atoms in total. The normalized spacial score (nSPS) is 18.8. The molecular weight excluding hydrogens is 1230 g/mol. The molecule has 3 aliphatic heterocycles. The molecule has 0 aromatic heterocycles. The first kappa shape index (κ1) is 76.9. The van der Waals surface area contributed by atoms with Crippen LogP contribution in [-0.4, -0.2) is 392 Å². The average molecular weight is 1320 g/mol. The molecule has 3 amide bonds. The van der Waals surface area contributed by atoms with Crippen molar-refractivity contribution >= 4 is 71.4 Å². The number of nitrogens with zero attached hydrogens (tertiary/aromatic N) is 12. The molecule has 3 fully saturated rings. The molecule has 9 N–H and O–H groups in total. The van der Waals surface area contributed by atoms with Crippen LogP contribution in [0.25, 0.3) is 0 Å². The van der Waals surface area contributed by atoms with Gasteiger partial charge < -0.3 is 60.7 Å². The molecule has 0 aromatic carbocycles. The first-order valence-corrected chi connectivity index (χ1v) is 26.3. The van der Waals surface area contributed by atoms with Crippen molar-refractivity contribution in [3.63, 3.8) is 0 Å². The van der Waals surface area contributed by atoms with Gasteiger partial charge in [0, 0.05) is 227 Å². The van der Waals surface area contributed by atoms with Crippen LogP contribution < -0.4 is 0 Å². The Morgan fingerprint density at radius 3 is 0.366 bits per heavy atom. The number of rotatable bonds is 18. The van der Waals surface area contributed by atoms with Gasteiger partial charge in [0.2, 0.25) is 17.7 Å². The van der Waals surface area contributed by atoms with Crippen molar-refractivity contribution in [2.75, 3.05) is 216 Å². The predicted molar refractivity (Wildman–Crippen MR) is 283 cm³/mol.